The summed E-state index contributed by atoms with van der Waals surface area (Å²) in [7, 11) is -3.47. The predicted octanol–water partition coefficient (Wildman–Crippen LogP) is 0.265. The van der Waals surface area contributed by atoms with Crippen molar-refractivity contribution in [2.45, 2.75) is 30.8 Å². The van der Waals surface area contributed by atoms with Crippen molar-refractivity contribution in [3.63, 3.8) is 0 Å². The number of piperidine rings is 1. The van der Waals surface area contributed by atoms with E-state index in [9.17, 15) is 8.42 Å². The minimum Gasteiger partial charge on any atom is -0.379 e. The van der Waals surface area contributed by atoms with Gasteiger partial charge in [-0.1, -0.05) is 12.2 Å². The second kappa shape index (κ2) is 7.40. The summed E-state index contributed by atoms with van der Waals surface area (Å²) in [6, 6.07) is 3.35. The van der Waals surface area contributed by atoms with Crippen LogP contribution in [0.1, 0.15) is 19.3 Å². The molecule has 0 aromatic carbocycles. The maximum absolute atomic E-state index is 12.8. The Hall–Kier alpha value is -0.800. The van der Waals surface area contributed by atoms with Crippen LogP contribution in [0.15, 0.2) is 23.2 Å². The zero-order valence-electron chi connectivity index (χ0n) is 13.2. The van der Waals surface area contributed by atoms with Crippen LogP contribution < -0.4 is 4.90 Å². The van der Waals surface area contributed by atoms with E-state index in [0.717, 1.165) is 19.8 Å². The van der Waals surface area contributed by atoms with E-state index in [2.05, 4.69) is 0 Å². The molecule has 3 heterocycles. The van der Waals surface area contributed by atoms with Gasteiger partial charge in [0.1, 0.15) is 4.64 Å². The molecule has 0 unspecified atom stereocenters. The third kappa shape index (κ3) is 4.00. The predicted molar refractivity (Wildman–Crippen MR) is 89.4 cm³/mol. The average Bonchev–Trinajstić information content (AvgIpc) is 2.58. The molecule has 1 aromatic heterocycles. The van der Waals surface area contributed by atoms with Crippen molar-refractivity contribution in [2.24, 2.45) is 0 Å². The van der Waals surface area contributed by atoms with Gasteiger partial charge in [0.15, 0.2) is 6.67 Å². The fourth-order valence-corrected chi connectivity index (χ4v) is 4.79. The lowest BCUT2D eigenvalue weighted by atomic mass is 10.1. The molecule has 0 saturated carbocycles. The van der Waals surface area contributed by atoms with E-state index >= 15 is 0 Å². The molecule has 0 atom stereocenters. The molecule has 2 aliphatic rings. The number of pyridine rings is 1. The highest BCUT2D eigenvalue weighted by Crippen LogP contribution is 2.16. The number of quaternary nitrogens is 1. The van der Waals surface area contributed by atoms with Crippen LogP contribution in [0, 0.1) is 4.64 Å². The number of hydrogen-bond acceptors (Lipinski definition) is 4. The average molecular weight is 359 g/mol. The Balaban J connectivity index is 1.82. The highest BCUT2D eigenvalue weighted by Gasteiger charge is 2.27. The Morgan fingerprint density at radius 3 is 2.52 bits per heavy atom. The van der Waals surface area contributed by atoms with Gasteiger partial charge in [0.25, 0.3) is 0 Å². The van der Waals surface area contributed by atoms with Crippen LogP contribution in [0.3, 0.4) is 0 Å². The van der Waals surface area contributed by atoms with Crippen molar-refractivity contribution < 1.29 is 18.1 Å². The maximum atomic E-state index is 12.8. The number of likely N-dealkylation sites (tertiary alicyclic amines) is 1. The number of hydrogen-bond donors (Lipinski definition) is 1. The van der Waals surface area contributed by atoms with Gasteiger partial charge < -0.3 is 9.64 Å². The summed E-state index contributed by atoms with van der Waals surface area (Å²) in [5.41, 5.74) is 0. The molecule has 1 aromatic rings. The molecule has 0 spiro atoms. The molecule has 0 amide bonds. The molecular weight excluding hydrogens is 334 g/mol. The SMILES string of the molecule is O=S(=O)(c1ccc(=S)n(C[NH+]2CCCCC2)c1)N1CCOCC1. The Bertz CT molecular complexity index is 690. The standard InChI is InChI=1S/C15H23N3O3S2/c19-23(20,18-8-10-21-11-9-18)14-4-5-15(22)17(12-14)13-16-6-2-1-3-7-16/h4-5,12H,1-3,6-11,13H2/p+1. The lowest BCUT2D eigenvalue weighted by Gasteiger charge is -2.27. The highest BCUT2D eigenvalue weighted by molar-refractivity contribution is 7.89. The topological polar surface area (TPSA) is 56.0 Å². The normalized spacial score (nSPS) is 21.4. The van der Waals surface area contributed by atoms with Gasteiger partial charge in [-0.05, 0) is 31.4 Å². The van der Waals surface area contributed by atoms with Gasteiger partial charge in [-0.25, -0.2) is 8.42 Å². The zero-order chi connectivity index (χ0) is 16.3. The van der Waals surface area contributed by atoms with Crippen molar-refractivity contribution in [3.05, 3.63) is 23.0 Å². The summed E-state index contributed by atoms with van der Waals surface area (Å²) in [5, 5.41) is 0. The van der Waals surface area contributed by atoms with Gasteiger partial charge in [-0.15, -0.1) is 0 Å². The second-order valence-corrected chi connectivity index (χ2v) is 8.51. The minimum absolute atomic E-state index is 0.324. The first-order valence-electron chi connectivity index (χ1n) is 8.19. The summed E-state index contributed by atoms with van der Waals surface area (Å²) in [6.07, 6.45) is 5.46. The minimum atomic E-state index is -3.47. The quantitative estimate of drug-likeness (QED) is 0.785. The van der Waals surface area contributed by atoms with Crippen LogP contribution in [0.4, 0.5) is 0 Å². The summed E-state index contributed by atoms with van der Waals surface area (Å²) >= 11 is 5.38. The molecule has 2 fully saturated rings. The summed E-state index contributed by atoms with van der Waals surface area (Å²) < 4.78 is 34.8. The first-order valence-corrected chi connectivity index (χ1v) is 10.0. The molecule has 0 bridgehead atoms. The van der Waals surface area contributed by atoms with Crippen molar-refractivity contribution >= 4 is 22.2 Å². The van der Waals surface area contributed by atoms with Crippen LogP contribution in [-0.4, -0.2) is 56.7 Å². The van der Waals surface area contributed by atoms with Gasteiger partial charge in [0, 0.05) is 19.3 Å². The van der Waals surface area contributed by atoms with Crippen LogP contribution in [0.25, 0.3) is 0 Å². The number of sulfonamides is 1. The largest absolute Gasteiger partial charge is 0.379 e. The van der Waals surface area contributed by atoms with Crippen molar-refractivity contribution in [1.82, 2.24) is 8.87 Å². The van der Waals surface area contributed by atoms with E-state index in [1.165, 1.54) is 28.5 Å². The van der Waals surface area contributed by atoms with E-state index in [-0.39, 0.29) is 0 Å². The Morgan fingerprint density at radius 1 is 1.13 bits per heavy atom. The Morgan fingerprint density at radius 2 is 1.83 bits per heavy atom. The monoisotopic (exact) mass is 358 g/mol. The molecule has 2 aliphatic heterocycles. The Kier molecular flexibility index (Phi) is 5.48. The first kappa shape index (κ1) is 17.0. The lowest BCUT2D eigenvalue weighted by Crippen LogP contribution is -3.12. The summed E-state index contributed by atoms with van der Waals surface area (Å²) in [5.74, 6) is 0. The number of morpholine rings is 1. The second-order valence-electron chi connectivity index (χ2n) is 6.16. The fraction of sp³-hybridized carbons (Fsp3) is 0.667. The first-order chi connectivity index (χ1) is 11.1. The van der Waals surface area contributed by atoms with Gasteiger partial charge in [0.05, 0.1) is 31.2 Å². The van der Waals surface area contributed by atoms with E-state index in [4.69, 9.17) is 17.0 Å². The number of nitrogens with zero attached hydrogens (tertiary/aromatic N) is 2. The van der Waals surface area contributed by atoms with Crippen molar-refractivity contribution in [1.29, 1.82) is 0 Å². The fourth-order valence-electron chi connectivity index (χ4n) is 3.17. The number of rotatable bonds is 4. The molecule has 23 heavy (non-hydrogen) atoms. The highest BCUT2D eigenvalue weighted by atomic mass is 32.2. The van der Waals surface area contributed by atoms with Gasteiger partial charge >= 0.3 is 0 Å². The zero-order valence-corrected chi connectivity index (χ0v) is 14.9. The molecule has 3 rings (SSSR count). The van der Waals surface area contributed by atoms with E-state index in [0.29, 0.717) is 35.8 Å². The van der Waals surface area contributed by atoms with Crippen molar-refractivity contribution in [2.75, 3.05) is 39.4 Å². The number of aromatic nitrogens is 1. The molecule has 2 saturated heterocycles. The molecule has 0 aliphatic carbocycles. The van der Waals surface area contributed by atoms with Gasteiger partial charge in [-0.2, -0.15) is 4.31 Å². The van der Waals surface area contributed by atoms with Gasteiger partial charge in [-0.3, -0.25) is 4.57 Å². The van der Waals surface area contributed by atoms with Crippen LogP contribution in [0.5, 0.6) is 0 Å². The molecule has 8 heteroatoms. The maximum Gasteiger partial charge on any atom is 0.244 e. The third-order valence-corrected chi connectivity index (χ3v) is 6.77. The van der Waals surface area contributed by atoms with Crippen LogP contribution in [0.2, 0.25) is 0 Å². The molecule has 0 radical (unpaired) electrons. The molecule has 6 nitrogen and oxygen atoms in total. The molecular formula is C15H24N3O3S2+. The smallest absolute Gasteiger partial charge is 0.244 e. The number of nitrogens with one attached hydrogen (secondary N) is 1. The van der Waals surface area contributed by atoms with Crippen molar-refractivity contribution in [3.8, 4) is 0 Å². The molecule has 1 N–H and O–H groups in total. The van der Waals surface area contributed by atoms with Crippen LogP contribution in [-0.2, 0) is 21.4 Å². The lowest BCUT2D eigenvalue weighted by molar-refractivity contribution is -0.927. The Labute approximate surface area is 142 Å². The number of ether oxygens (including phenoxy) is 1. The van der Waals surface area contributed by atoms with E-state index in [1.807, 2.05) is 4.57 Å². The molecule has 128 valence electrons. The summed E-state index contributed by atoms with van der Waals surface area (Å²) in [6.45, 7) is 4.73. The van der Waals surface area contributed by atoms with E-state index in [1.54, 1.807) is 18.3 Å². The van der Waals surface area contributed by atoms with E-state index < -0.39 is 10.0 Å². The summed E-state index contributed by atoms with van der Waals surface area (Å²) in [4.78, 5) is 1.79. The third-order valence-electron chi connectivity index (χ3n) is 4.52. The van der Waals surface area contributed by atoms with Gasteiger partial charge in [0.2, 0.25) is 10.0 Å². The van der Waals surface area contributed by atoms with Crippen LogP contribution >= 0.6 is 12.2 Å².